The molecule has 0 saturated heterocycles. The number of thiazole rings is 2. The van der Waals surface area contributed by atoms with Crippen molar-refractivity contribution in [3.63, 3.8) is 0 Å². The number of anilines is 2. The summed E-state index contributed by atoms with van der Waals surface area (Å²) < 4.78 is 0.954. The Hall–Kier alpha value is -1.31. The first-order valence-corrected chi connectivity index (χ1v) is 7.60. The molecule has 3 rings (SSSR count). The van der Waals surface area contributed by atoms with Crippen LogP contribution < -0.4 is 5.32 Å². The van der Waals surface area contributed by atoms with Gasteiger partial charge in [-0.1, -0.05) is 0 Å². The minimum atomic E-state index is 0.776. The standard InChI is InChI=1S/C11H7BrN4S2/c12-7-1-2-9(14-5-7)16-11-15-8(6-18-11)10-13-3-4-17-10/h1-6H,(H,14,15,16). The lowest BCUT2D eigenvalue weighted by molar-refractivity contribution is 1.27. The summed E-state index contributed by atoms with van der Waals surface area (Å²) in [4.78, 5) is 12.9. The quantitative estimate of drug-likeness (QED) is 0.778. The predicted octanol–water partition coefficient (Wildman–Crippen LogP) is 4.17. The minimum Gasteiger partial charge on any atom is -0.316 e. The van der Waals surface area contributed by atoms with Crippen molar-refractivity contribution in [2.24, 2.45) is 0 Å². The first-order valence-electron chi connectivity index (χ1n) is 5.05. The van der Waals surface area contributed by atoms with Crippen LogP contribution in [0.25, 0.3) is 10.7 Å². The Balaban J connectivity index is 1.80. The Morgan fingerprint density at radius 1 is 1.17 bits per heavy atom. The van der Waals surface area contributed by atoms with Crippen LogP contribution in [0.4, 0.5) is 10.9 Å². The highest BCUT2D eigenvalue weighted by molar-refractivity contribution is 9.10. The predicted molar refractivity (Wildman–Crippen MR) is 78.4 cm³/mol. The average Bonchev–Trinajstić information content (AvgIpc) is 3.02. The SMILES string of the molecule is Brc1ccc(Nc2nc(-c3nccs3)cs2)nc1. The summed E-state index contributed by atoms with van der Waals surface area (Å²) in [6.45, 7) is 0. The summed E-state index contributed by atoms with van der Waals surface area (Å²) >= 11 is 6.47. The van der Waals surface area contributed by atoms with Crippen LogP contribution in [0.5, 0.6) is 0 Å². The lowest BCUT2D eigenvalue weighted by atomic mass is 10.5. The van der Waals surface area contributed by atoms with Gasteiger partial charge in [0.05, 0.1) is 0 Å². The van der Waals surface area contributed by atoms with E-state index in [1.54, 1.807) is 23.7 Å². The smallest absolute Gasteiger partial charge is 0.188 e. The zero-order chi connectivity index (χ0) is 12.4. The fraction of sp³-hybridized carbons (Fsp3) is 0. The number of halogens is 1. The number of pyridine rings is 1. The molecule has 0 saturated carbocycles. The second-order valence-corrected chi connectivity index (χ2v) is 6.03. The first kappa shape index (κ1) is 11.8. The van der Waals surface area contributed by atoms with Gasteiger partial charge in [0.1, 0.15) is 16.5 Å². The van der Waals surface area contributed by atoms with Crippen molar-refractivity contribution >= 4 is 49.6 Å². The Morgan fingerprint density at radius 3 is 2.83 bits per heavy atom. The van der Waals surface area contributed by atoms with E-state index in [0.717, 1.165) is 26.1 Å². The lowest BCUT2D eigenvalue weighted by Crippen LogP contribution is -1.92. The molecule has 0 atom stereocenters. The zero-order valence-corrected chi connectivity index (χ0v) is 12.2. The maximum Gasteiger partial charge on any atom is 0.188 e. The molecule has 3 aromatic heterocycles. The highest BCUT2D eigenvalue weighted by atomic mass is 79.9. The Bertz CT molecular complexity index is 633. The summed E-state index contributed by atoms with van der Waals surface area (Å²) in [6.07, 6.45) is 3.53. The summed E-state index contributed by atoms with van der Waals surface area (Å²) in [7, 11) is 0. The molecular formula is C11H7BrN4S2. The van der Waals surface area contributed by atoms with Gasteiger partial charge in [-0.25, -0.2) is 15.0 Å². The molecule has 0 aliphatic heterocycles. The normalized spacial score (nSPS) is 10.5. The van der Waals surface area contributed by atoms with Gasteiger partial charge in [0.15, 0.2) is 5.13 Å². The lowest BCUT2D eigenvalue weighted by Gasteiger charge is -2.00. The molecule has 4 nitrogen and oxygen atoms in total. The monoisotopic (exact) mass is 338 g/mol. The summed E-state index contributed by atoms with van der Waals surface area (Å²) in [5.74, 6) is 0.776. The van der Waals surface area contributed by atoms with Gasteiger partial charge in [0.2, 0.25) is 0 Å². The van der Waals surface area contributed by atoms with Gasteiger partial charge in [-0.15, -0.1) is 22.7 Å². The van der Waals surface area contributed by atoms with Gasteiger partial charge in [-0.3, -0.25) is 0 Å². The minimum absolute atomic E-state index is 0.776. The van der Waals surface area contributed by atoms with Crippen molar-refractivity contribution in [1.29, 1.82) is 0 Å². The van der Waals surface area contributed by atoms with Gasteiger partial charge in [0, 0.05) is 27.6 Å². The molecule has 3 aromatic rings. The van der Waals surface area contributed by atoms with Gasteiger partial charge in [0.25, 0.3) is 0 Å². The van der Waals surface area contributed by atoms with Crippen LogP contribution in [-0.2, 0) is 0 Å². The number of nitrogens with zero attached hydrogens (tertiary/aromatic N) is 3. The molecule has 0 aromatic carbocycles. The Morgan fingerprint density at radius 2 is 2.11 bits per heavy atom. The molecule has 3 heterocycles. The molecule has 0 radical (unpaired) electrons. The van der Waals surface area contributed by atoms with Crippen LogP contribution in [0.15, 0.2) is 39.8 Å². The number of nitrogens with one attached hydrogen (secondary N) is 1. The summed E-state index contributed by atoms with van der Waals surface area (Å²) in [6, 6.07) is 3.83. The molecular weight excluding hydrogens is 332 g/mol. The van der Waals surface area contributed by atoms with Crippen LogP contribution in [0.1, 0.15) is 0 Å². The number of aromatic nitrogens is 3. The zero-order valence-electron chi connectivity index (χ0n) is 9.00. The first-order chi connectivity index (χ1) is 8.81. The fourth-order valence-corrected chi connectivity index (χ4v) is 2.95. The van der Waals surface area contributed by atoms with Gasteiger partial charge in [-0.2, -0.15) is 0 Å². The van der Waals surface area contributed by atoms with E-state index in [1.165, 1.54) is 11.3 Å². The molecule has 0 aliphatic rings. The van der Waals surface area contributed by atoms with Gasteiger partial charge < -0.3 is 5.32 Å². The molecule has 18 heavy (non-hydrogen) atoms. The molecule has 0 spiro atoms. The van der Waals surface area contributed by atoms with Gasteiger partial charge in [-0.05, 0) is 28.1 Å². The molecule has 0 unspecified atom stereocenters. The average molecular weight is 339 g/mol. The molecule has 7 heteroatoms. The topological polar surface area (TPSA) is 50.7 Å². The molecule has 1 N–H and O–H groups in total. The summed E-state index contributed by atoms with van der Waals surface area (Å²) in [5.41, 5.74) is 0.898. The molecule has 90 valence electrons. The van der Waals surface area contributed by atoms with Crippen molar-refractivity contribution < 1.29 is 0 Å². The van der Waals surface area contributed by atoms with E-state index in [4.69, 9.17) is 0 Å². The largest absolute Gasteiger partial charge is 0.316 e. The third kappa shape index (κ3) is 2.58. The van der Waals surface area contributed by atoms with Crippen LogP contribution in [0.2, 0.25) is 0 Å². The van der Waals surface area contributed by atoms with Gasteiger partial charge >= 0.3 is 0 Å². The Kier molecular flexibility index (Phi) is 3.35. The third-order valence-corrected chi connectivity index (χ3v) is 4.14. The Labute approximate surface area is 120 Å². The summed E-state index contributed by atoms with van der Waals surface area (Å²) in [5, 5.41) is 8.84. The molecule has 0 fully saturated rings. The van der Waals surface area contributed by atoms with Crippen LogP contribution in [-0.4, -0.2) is 15.0 Å². The van der Waals surface area contributed by atoms with Crippen LogP contribution >= 0.6 is 38.6 Å². The molecule has 0 aliphatic carbocycles. The maximum absolute atomic E-state index is 4.47. The van der Waals surface area contributed by atoms with E-state index in [-0.39, 0.29) is 0 Å². The number of rotatable bonds is 3. The highest BCUT2D eigenvalue weighted by Gasteiger charge is 2.06. The maximum atomic E-state index is 4.47. The molecule has 0 bridgehead atoms. The van der Waals surface area contributed by atoms with Crippen LogP contribution in [0.3, 0.4) is 0 Å². The fourth-order valence-electron chi connectivity index (χ4n) is 1.34. The van der Waals surface area contributed by atoms with E-state index in [9.17, 15) is 0 Å². The van der Waals surface area contributed by atoms with E-state index >= 15 is 0 Å². The highest BCUT2D eigenvalue weighted by Crippen LogP contribution is 2.27. The van der Waals surface area contributed by atoms with Crippen molar-refractivity contribution in [2.45, 2.75) is 0 Å². The van der Waals surface area contributed by atoms with Crippen molar-refractivity contribution in [2.75, 3.05) is 5.32 Å². The van der Waals surface area contributed by atoms with Crippen molar-refractivity contribution in [1.82, 2.24) is 15.0 Å². The third-order valence-electron chi connectivity index (χ3n) is 2.12. The van der Waals surface area contributed by atoms with E-state index in [1.807, 2.05) is 22.9 Å². The van der Waals surface area contributed by atoms with E-state index < -0.39 is 0 Å². The second-order valence-electron chi connectivity index (χ2n) is 3.36. The number of hydrogen-bond acceptors (Lipinski definition) is 6. The number of hydrogen-bond donors (Lipinski definition) is 1. The molecule has 0 amide bonds. The second kappa shape index (κ2) is 5.13. The van der Waals surface area contributed by atoms with Crippen molar-refractivity contribution in [3.05, 3.63) is 39.8 Å². The van der Waals surface area contributed by atoms with E-state index in [2.05, 4.69) is 36.2 Å². The van der Waals surface area contributed by atoms with E-state index in [0.29, 0.717) is 0 Å². The van der Waals surface area contributed by atoms with Crippen molar-refractivity contribution in [3.8, 4) is 10.7 Å². The van der Waals surface area contributed by atoms with Crippen LogP contribution in [0, 0.1) is 0 Å².